The zero-order valence-electron chi connectivity index (χ0n) is 9.41. The van der Waals surface area contributed by atoms with Gasteiger partial charge in [0.2, 0.25) is 5.95 Å². The summed E-state index contributed by atoms with van der Waals surface area (Å²) in [4.78, 5) is 23.7. The number of aryl methyl sites for hydroxylation is 1. The molecule has 88 valence electrons. The molecule has 2 heterocycles. The third kappa shape index (κ3) is 2.44. The van der Waals surface area contributed by atoms with Crippen molar-refractivity contribution in [2.24, 2.45) is 7.05 Å². The Morgan fingerprint density at radius 1 is 1.35 bits per heavy atom. The monoisotopic (exact) mass is 249 g/mol. The first-order chi connectivity index (χ1) is 8.10. The summed E-state index contributed by atoms with van der Waals surface area (Å²) in [5.41, 5.74) is 6.10. The number of thioether (sulfide) groups is 1. The van der Waals surface area contributed by atoms with Crippen LogP contribution in [0, 0.1) is 0 Å². The van der Waals surface area contributed by atoms with Crippen molar-refractivity contribution in [2.75, 3.05) is 12.0 Å². The topological polar surface area (TPSA) is 86.7 Å². The molecule has 0 spiro atoms. The van der Waals surface area contributed by atoms with Crippen LogP contribution >= 0.6 is 11.8 Å². The van der Waals surface area contributed by atoms with E-state index in [-0.39, 0.29) is 11.5 Å². The summed E-state index contributed by atoms with van der Waals surface area (Å²) >= 11 is 1.37. The molecule has 0 atom stereocenters. The van der Waals surface area contributed by atoms with Crippen molar-refractivity contribution in [1.29, 1.82) is 0 Å². The predicted octanol–water partition coefficient (Wildman–Crippen LogP) is 0.541. The highest BCUT2D eigenvalue weighted by Crippen LogP contribution is 2.16. The third-order valence-electron chi connectivity index (χ3n) is 2.18. The second-order valence-corrected chi connectivity index (χ2v) is 4.14. The van der Waals surface area contributed by atoms with E-state index in [2.05, 4.69) is 15.0 Å². The molecule has 0 aliphatic heterocycles. The van der Waals surface area contributed by atoms with Crippen molar-refractivity contribution in [3.05, 3.63) is 28.7 Å². The van der Waals surface area contributed by atoms with Crippen LogP contribution in [0.25, 0.3) is 11.4 Å². The van der Waals surface area contributed by atoms with E-state index in [0.29, 0.717) is 16.5 Å². The van der Waals surface area contributed by atoms with Gasteiger partial charge in [-0.15, -0.1) is 0 Å². The predicted molar refractivity (Wildman–Crippen MR) is 66.7 cm³/mol. The van der Waals surface area contributed by atoms with Crippen LogP contribution in [-0.4, -0.2) is 25.8 Å². The molecule has 17 heavy (non-hydrogen) atoms. The molecule has 0 saturated carbocycles. The Kier molecular flexibility index (Phi) is 3.10. The molecule has 6 nitrogen and oxygen atoms in total. The number of anilines is 1. The molecular weight excluding hydrogens is 238 g/mol. The summed E-state index contributed by atoms with van der Waals surface area (Å²) < 4.78 is 1.48. The summed E-state index contributed by atoms with van der Waals surface area (Å²) in [5.74, 6) is 0.569. The van der Waals surface area contributed by atoms with Crippen molar-refractivity contribution in [2.45, 2.75) is 5.16 Å². The highest BCUT2D eigenvalue weighted by Gasteiger charge is 2.07. The molecule has 0 radical (unpaired) electrons. The zero-order valence-corrected chi connectivity index (χ0v) is 10.2. The minimum atomic E-state index is -0.118. The van der Waals surface area contributed by atoms with Crippen LogP contribution in [0.1, 0.15) is 0 Å². The average molecular weight is 249 g/mol. The summed E-state index contributed by atoms with van der Waals surface area (Å²) in [5, 5.41) is 0.535. The number of hydrogen-bond acceptors (Lipinski definition) is 6. The summed E-state index contributed by atoms with van der Waals surface area (Å²) in [6, 6.07) is 3.24. The highest BCUT2D eigenvalue weighted by atomic mass is 32.2. The molecule has 0 bridgehead atoms. The van der Waals surface area contributed by atoms with Gasteiger partial charge < -0.3 is 10.3 Å². The van der Waals surface area contributed by atoms with E-state index < -0.39 is 0 Å². The van der Waals surface area contributed by atoms with Crippen molar-refractivity contribution in [3.63, 3.8) is 0 Å². The molecule has 2 aromatic heterocycles. The SMILES string of the molecule is CSc1nc(N)nc(-c2ccn(C)c(=O)c2)n1. The van der Waals surface area contributed by atoms with Crippen LogP contribution in [0.4, 0.5) is 5.95 Å². The van der Waals surface area contributed by atoms with Gasteiger partial charge in [0.15, 0.2) is 11.0 Å². The molecule has 0 aliphatic carbocycles. The molecule has 0 unspecified atom stereocenters. The van der Waals surface area contributed by atoms with Crippen molar-refractivity contribution in [1.82, 2.24) is 19.5 Å². The van der Waals surface area contributed by atoms with Gasteiger partial charge in [0.25, 0.3) is 5.56 Å². The number of rotatable bonds is 2. The molecule has 0 fully saturated rings. The molecule has 2 aromatic rings. The fourth-order valence-corrected chi connectivity index (χ4v) is 1.64. The number of nitrogens with zero attached hydrogens (tertiary/aromatic N) is 4. The van der Waals surface area contributed by atoms with Crippen LogP contribution in [0.2, 0.25) is 0 Å². The lowest BCUT2D eigenvalue weighted by molar-refractivity contribution is 0.857. The van der Waals surface area contributed by atoms with Gasteiger partial charge >= 0.3 is 0 Å². The van der Waals surface area contributed by atoms with Gasteiger partial charge in [0, 0.05) is 24.9 Å². The lowest BCUT2D eigenvalue weighted by atomic mass is 10.2. The fourth-order valence-electron chi connectivity index (χ4n) is 1.28. The Balaban J connectivity index is 2.55. The van der Waals surface area contributed by atoms with Gasteiger partial charge in [-0.3, -0.25) is 4.79 Å². The second-order valence-electron chi connectivity index (χ2n) is 3.37. The molecule has 0 amide bonds. The smallest absolute Gasteiger partial charge is 0.250 e. The normalized spacial score (nSPS) is 10.5. The van der Waals surface area contributed by atoms with E-state index >= 15 is 0 Å². The number of aromatic nitrogens is 4. The summed E-state index contributed by atoms with van der Waals surface area (Å²) in [6.07, 6.45) is 3.51. The molecule has 2 rings (SSSR count). The van der Waals surface area contributed by atoms with Crippen molar-refractivity contribution < 1.29 is 0 Å². The maximum absolute atomic E-state index is 11.5. The van der Waals surface area contributed by atoms with Crippen LogP contribution in [-0.2, 0) is 7.05 Å². The molecular formula is C10H11N5OS. The quantitative estimate of drug-likeness (QED) is 0.782. The standard InChI is InChI=1S/C10H11N5OS/c1-15-4-3-6(5-7(15)16)8-12-9(11)14-10(13-8)17-2/h3-5H,1-2H3,(H2,11,12,13,14). The lowest BCUT2D eigenvalue weighted by Gasteiger charge is -2.03. The van der Waals surface area contributed by atoms with Crippen LogP contribution in [0.3, 0.4) is 0 Å². The first-order valence-electron chi connectivity index (χ1n) is 4.83. The fraction of sp³-hybridized carbons (Fsp3) is 0.200. The van der Waals surface area contributed by atoms with Gasteiger partial charge in [-0.05, 0) is 12.3 Å². The lowest BCUT2D eigenvalue weighted by Crippen LogP contribution is -2.14. The van der Waals surface area contributed by atoms with Gasteiger partial charge in [-0.1, -0.05) is 11.8 Å². The van der Waals surface area contributed by atoms with E-state index in [4.69, 9.17) is 5.73 Å². The summed E-state index contributed by atoms with van der Waals surface area (Å²) in [7, 11) is 1.68. The Labute approximate surface area is 102 Å². The largest absolute Gasteiger partial charge is 0.368 e. The first kappa shape index (κ1) is 11.6. The first-order valence-corrected chi connectivity index (χ1v) is 6.05. The molecule has 2 N–H and O–H groups in total. The van der Waals surface area contributed by atoms with Crippen molar-refractivity contribution >= 4 is 17.7 Å². The van der Waals surface area contributed by atoms with Crippen LogP contribution < -0.4 is 11.3 Å². The maximum atomic E-state index is 11.5. The van der Waals surface area contributed by atoms with Gasteiger partial charge in [0.05, 0.1) is 0 Å². The van der Waals surface area contributed by atoms with Gasteiger partial charge in [0.1, 0.15) is 0 Å². The van der Waals surface area contributed by atoms with E-state index in [9.17, 15) is 4.79 Å². The van der Waals surface area contributed by atoms with Gasteiger partial charge in [-0.25, -0.2) is 4.98 Å². The van der Waals surface area contributed by atoms with E-state index in [1.807, 2.05) is 6.26 Å². The maximum Gasteiger partial charge on any atom is 0.250 e. The van der Waals surface area contributed by atoms with E-state index in [1.165, 1.54) is 22.4 Å². The number of hydrogen-bond donors (Lipinski definition) is 1. The minimum Gasteiger partial charge on any atom is -0.368 e. The minimum absolute atomic E-state index is 0.118. The van der Waals surface area contributed by atoms with Gasteiger partial charge in [-0.2, -0.15) is 9.97 Å². The Hall–Kier alpha value is -1.89. The van der Waals surface area contributed by atoms with E-state index in [0.717, 1.165) is 0 Å². The average Bonchev–Trinajstić information content (AvgIpc) is 2.32. The zero-order chi connectivity index (χ0) is 12.4. The Bertz CT molecular complexity index is 610. The molecule has 0 aliphatic rings. The molecule has 7 heteroatoms. The van der Waals surface area contributed by atoms with Crippen molar-refractivity contribution in [3.8, 4) is 11.4 Å². The second kappa shape index (κ2) is 4.54. The Morgan fingerprint density at radius 2 is 2.12 bits per heavy atom. The van der Waals surface area contributed by atoms with Crippen LogP contribution in [0.5, 0.6) is 0 Å². The molecule has 0 saturated heterocycles. The Morgan fingerprint density at radius 3 is 2.76 bits per heavy atom. The summed E-state index contributed by atoms with van der Waals surface area (Å²) in [6.45, 7) is 0. The number of nitrogens with two attached hydrogens (primary N) is 1. The number of nitrogen functional groups attached to an aromatic ring is 1. The van der Waals surface area contributed by atoms with Crippen LogP contribution in [0.15, 0.2) is 28.3 Å². The highest BCUT2D eigenvalue weighted by molar-refractivity contribution is 7.98. The molecule has 0 aromatic carbocycles. The van der Waals surface area contributed by atoms with E-state index in [1.54, 1.807) is 19.3 Å². The third-order valence-corrected chi connectivity index (χ3v) is 2.72. The number of pyridine rings is 1.